The molecule has 1 aromatic heterocycles. The number of carboxylic acids is 1. The Morgan fingerprint density at radius 3 is 2.52 bits per heavy atom. The number of aliphatic carboxylic acids is 1. The molecular formula is C20H24N2O3. The highest BCUT2D eigenvalue weighted by Gasteiger charge is 2.24. The van der Waals surface area contributed by atoms with E-state index in [1.165, 1.54) is 5.56 Å². The molecule has 132 valence electrons. The van der Waals surface area contributed by atoms with E-state index in [0.29, 0.717) is 29.7 Å². The Balaban J connectivity index is 1.70. The highest BCUT2D eigenvalue weighted by atomic mass is 16.5. The summed E-state index contributed by atoms with van der Waals surface area (Å²) in [6.07, 6.45) is 6.03. The van der Waals surface area contributed by atoms with Gasteiger partial charge in [0, 0.05) is 18.1 Å². The molecule has 0 atom stereocenters. The van der Waals surface area contributed by atoms with Crippen molar-refractivity contribution in [2.24, 2.45) is 5.92 Å². The third-order valence-corrected chi connectivity index (χ3v) is 5.06. The number of anilines is 1. The minimum absolute atomic E-state index is 0.300. The number of benzene rings is 1. The number of nitrogen functional groups attached to an aromatic ring is 1. The molecule has 0 amide bonds. The molecule has 1 saturated carbocycles. The van der Waals surface area contributed by atoms with Crippen molar-refractivity contribution in [2.45, 2.75) is 38.0 Å². The van der Waals surface area contributed by atoms with Crippen LogP contribution in [0.1, 0.15) is 43.6 Å². The van der Waals surface area contributed by atoms with E-state index in [1.807, 2.05) is 0 Å². The van der Waals surface area contributed by atoms with Crippen LogP contribution in [0.5, 0.6) is 5.75 Å². The summed E-state index contributed by atoms with van der Waals surface area (Å²) < 4.78 is 5.38. The van der Waals surface area contributed by atoms with Crippen LogP contribution in [0.15, 0.2) is 36.5 Å². The molecule has 0 spiro atoms. The number of nitrogens with zero attached hydrogens (tertiary/aromatic N) is 1. The zero-order valence-corrected chi connectivity index (χ0v) is 14.4. The van der Waals surface area contributed by atoms with E-state index in [-0.39, 0.29) is 0 Å². The van der Waals surface area contributed by atoms with Gasteiger partial charge in [0.05, 0.1) is 19.0 Å². The maximum Gasteiger partial charge on any atom is 0.303 e. The number of pyridine rings is 1. The fraction of sp³-hybridized carbons (Fsp3) is 0.400. The van der Waals surface area contributed by atoms with E-state index in [0.717, 1.165) is 36.9 Å². The van der Waals surface area contributed by atoms with Gasteiger partial charge in [0.15, 0.2) is 0 Å². The fourth-order valence-corrected chi connectivity index (χ4v) is 3.69. The summed E-state index contributed by atoms with van der Waals surface area (Å²) in [5.41, 5.74) is 9.44. The maximum absolute atomic E-state index is 10.8. The van der Waals surface area contributed by atoms with E-state index >= 15 is 0 Å². The SMILES string of the molecule is COc1cc(N)cnc1-c1ccc(C2CCC(CC(=O)O)CC2)cc1. The molecule has 3 rings (SSSR count). The topological polar surface area (TPSA) is 85.4 Å². The summed E-state index contributed by atoms with van der Waals surface area (Å²) in [5.74, 6) is 0.830. The van der Waals surface area contributed by atoms with Crippen LogP contribution >= 0.6 is 0 Å². The fourth-order valence-electron chi connectivity index (χ4n) is 3.69. The van der Waals surface area contributed by atoms with Gasteiger partial charge in [-0.3, -0.25) is 9.78 Å². The molecule has 5 heteroatoms. The summed E-state index contributed by atoms with van der Waals surface area (Å²) in [6.45, 7) is 0. The van der Waals surface area contributed by atoms with Gasteiger partial charge < -0.3 is 15.6 Å². The Morgan fingerprint density at radius 2 is 1.92 bits per heavy atom. The zero-order valence-electron chi connectivity index (χ0n) is 14.4. The molecule has 0 saturated heterocycles. The first-order valence-corrected chi connectivity index (χ1v) is 8.68. The number of hydrogen-bond acceptors (Lipinski definition) is 4. The monoisotopic (exact) mass is 340 g/mol. The Bertz CT molecular complexity index is 735. The molecule has 3 N–H and O–H groups in total. The highest BCUT2D eigenvalue weighted by Crippen LogP contribution is 2.38. The highest BCUT2D eigenvalue weighted by molar-refractivity contribution is 5.68. The first-order chi connectivity index (χ1) is 12.1. The van der Waals surface area contributed by atoms with Gasteiger partial charge in [0.25, 0.3) is 0 Å². The summed E-state index contributed by atoms with van der Waals surface area (Å²) in [7, 11) is 1.61. The number of aromatic nitrogens is 1. The van der Waals surface area contributed by atoms with Gasteiger partial charge >= 0.3 is 5.97 Å². The van der Waals surface area contributed by atoms with Gasteiger partial charge in [-0.2, -0.15) is 0 Å². The molecule has 1 fully saturated rings. The normalized spacial score (nSPS) is 20.2. The minimum atomic E-state index is -0.683. The Morgan fingerprint density at radius 1 is 1.24 bits per heavy atom. The molecule has 1 aliphatic carbocycles. The molecule has 1 aliphatic rings. The molecule has 1 heterocycles. The van der Waals surface area contributed by atoms with Crippen LogP contribution in [-0.4, -0.2) is 23.2 Å². The molecule has 25 heavy (non-hydrogen) atoms. The lowest BCUT2D eigenvalue weighted by Gasteiger charge is -2.28. The molecule has 2 aromatic rings. The number of carbonyl (C=O) groups is 1. The Labute approximate surface area is 147 Å². The predicted octanol–water partition coefficient (Wildman–Crippen LogP) is 4.09. The maximum atomic E-state index is 10.8. The van der Waals surface area contributed by atoms with Crippen molar-refractivity contribution >= 4 is 11.7 Å². The average Bonchev–Trinajstić information content (AvgIpc) is 2.62. The lowest BCUT2D eigenvalue weighted by atomic mass is 9.77. The van der Waals surface area contributed by atoms with Crippen molar-refractivity contribution in [3.05, 3.63) is 42.1 Å². The van der Waals surface area contributed by atoms with Crippen LogP contribution in [0.25, 0.3) is 11.3 Å². The van der Waals surface area contributed by atoms with Crippen molar-refractivity contribution in [1.29, 1.82) is 0 Å². The van der Waals surface area contributed by atoms with Crippen molar-refractivity contribution in [3.63, 3.8) is 0 Å². The second kappa shape index (κ2) is 7.55. The van der Waals surface area contributed by atoms with E-state index in [1.54, 1.807) is 19.4 Å². The molecule has 0 aliphatic heterocycles. The van der Waals surface area contributed by atoms with Crippen LogP contribution in [-0.2, 0) is 4.79 Å². The Hall–Kier alpha value is -2.56. The van der Waals surface area contributed by atoms with Crippen LogP contribution in [0, 0.1) is 5.92 Å². The van der Waals surface area contributed by atoms with Gasteiger partial charge in [-0.05, 0) is 43.1 Å². The van der Waals surface area contributed by atoms with Crippen molar-refractivity contribution < 1.29 is 14.6 Å². The van der Waals surface area contributed by atoms with E-state index in [4.69, 9.17) is 15.6 Å². The lowest BCUT2D eigenvalue weighted by molar-refractivity contribution is -0.138. The summed E-state index contributed by atoms with van der Waals surface area (Å²) in [4.78, 5) is 15.2. The largest absolute Gasteiger partial charge is 0.494 e. The third kappa shape index (κ3) is 4.10. The number of carboxylic acid groups (broad SMARTS) is 1. The number of rotatable bonds is 5. The zero-order chi connectivity index (χ0) is 17.8. The number of methoxy groups -OCH3 is 1. The predicted molar refractivity (Wildman–Crippen MR) is 97.6 cm³/mol. The smallest absolute Gasteiger partial charge is 0.303 e. The van der Waals surface area contributed by atoms with E-state index in [9.17, 15) is 4.79 Å². The number of nitrogens with two attached hydrogens (primary N) is 1. The number of hydrogen-bond donors (Lipinski definition) is 2. The molecule has 1 aromatic carbocycles. The van der Waals surface area contributed by atoms with Crippen LogP contribution < -0.4 is 10.5 Å². The van der Waals surface area contributed by atoms with Crippen LogP contribution in [0.3, 0.4) is 0 Å². The standard InChI is InChI=1S/C20H24N2O3/c1-25-18-11-17(21)12-22-20(18)16-8-6-15(7-9-16)14-4-2-13(3-5-14)10-19(23)24/h6-9,11-14H,2-5,10,21H2,1H3,(H,23,24). The van der Waals surface area contributed by atoms with Crippen molar-refractivity contribution in [1.82, 2.24) is 4.98 Å². The van der Waals surface area contributed by atoms with Gasteiger partial charge in [-0.1, -0.05) is 24.3 Å². The second-order valence-corrected chi connectivity index (χ2v) is 6.76. The van der Waals surface area contributed by atoms with Crippen molar-refractivity contribution in [3.8, 4) is 17.0 Å². The van der Waals surface area contributed by atoms with Gasteiger partial charge in [0.2, 0.25) is 0 Å². The van der Waals surface area contributed by atoms with Gasteiger partial charge in [-0.25, -0.2) is 0 Å². The van der Waals surface area contributed by atoms with Crippen molar-refractivity contribution in [2.75, 3.05) is 12.8 Å². The average molecular weight is 340 g/mol. The Kier molecular flexibility index (Phi) is 5.22. The quantitative estimate of drug-likeness (QED) is 0.856. The molecule has 5 nitrogen and oxygen atoms in total. The molecule has 0 bridgehead atoms. The first kappa shape index (κ1) is 17.3. The second-order valence-electron chi connectivity index (χ2n) is 6.76. The van der Waals surface area contributed by atoms with Gasteiger partial charge in [-0.15, -0.1) is 0 Å². The molecular weight excluding hydrogens is 316 g/mol. The van der Waals surface area contributed by atoms with E-state index in [2.05, 4.69) is 29.2 Å². The minimum Gasteiger partial charge on any atom is -0.494 e. The summed E-state index contributed by atoms with van der Waals surface area (Å²) in [5, 5.41) is 8.92. The first-order valence-electron chi connectivity index (χ1n) is 8.68. The van der Waals surface area contributed by atoms with Crippen LogP contribution in [0.2, 0.25) is 0 Å². The lowest BCUT2D eigenvalue weighted by Crippen LogP contribution is -2.16. The number of ether oxygens (including phenoxy) is 1. The molecule has 0 radical (unpaired) electrons. The van der Waals surface area contributed by atoms with Crippen LogP contribution in [0.4, 0.5) is 5.69 Å². The molecule has 0 unspecified atom stereocenters. The van der Waals surface area contributed by atoms with E-state index < -0.39 is 5.97 Å². The van der Waals surface area contributed by atoms with Gasteiger partial charge in [0.1, 0.15) is 11.4 Å². The summed E-state index contributed by atoms with van der Waals surface area (Å²) in [6, 6.07) is 10.2. The third-order valence-electron chi connectivity index (χ3n) is 5.06. The summed E-state index contributed by atoms with van der Waals surface area (Å²) >= 11 is 0.